The molecule has 4 aromatic rings. The standard InChI is InChI=1S/C17H12Cl2N6O3/c1-8(9-2-11(18)4-12(19)3-9)25-14-13(6-21-25)22-17(23-15(14)26)24-7-10(5-20-24)16(27)28/h2-8H,1H3,(H,27,28)(H,22,23,26). The average molecular weight is 419 g/mol. The Labute approximate surface area is 167 Å². The second-order valence-electron chi connectivity index (χ2n) is 6.07. The number of nitrogens with zero attached hydrogens (tertiary/aromatic N) is 5. The summed E-state index contributed by atoms with van der Waals surface area (Å²) in [6, 6.07) is 4.79. The Morgan fingerprint density at radius 3 is 2.54 bits per heavy atom. The van der Waals surface area contributed by atoms with Gasteiger partial charge in [-0.2, -0.15) is 10.2 Å². The predicted octanol–water partition coefficient (Wildman–Crippen LogP) is 2.92. The van der Waals surface area contributed by atoms with Gasteiger partial charge in [-0.05, 0) is 30.7 Å². The number of hydrogen-bond acceptors (Lipinski definition) is 5. The maximum Gasteiger partial charge on any atom is 0.338 e. The SMILES string of the molecule is CC(c1cc(Cl)cc(Cl)c1)n1ncc2nc(-n3cc(C(=O)O)cn3)[nH]c(=O)c21. The van der Waals surface area contributed by atoms with E-state index in [2.05, 4.69) is 20.2 Å². The molecule has 0 saturated carbocycles. The number of halogens is 2. The number of rotatable bonds is 4. The van der Waals surface area contributed by atoms with Gasteiger partial charge in [0.25, 0.3) is 5.56 Å². The van der Waals surface area contributed by atoms with Gasteiger partial charge in [-0.25, -0.2) is 14.5 Å². The monoisotopic (exact) mass is 418 g/mol. The summed E-state index contributed by atoms with van der Waals surface area (Å²) in [4.78, 5) is 30.6. The van der Waals surface area contributed by atoms with Gasteiger partial charge in [0.15, 0.2) is 5.52 Å². The van der Waals surface area contributed by atoms with Gasteiger partial charge in [-0.15, -0.1) is 0 Å². The normalized spacial score (nSPS) is 12.4. The molecule has 0 aliphatic carbocycles. The molecule has 2 N–H and O–H groups in total. The first-order chi connectivity index (χ1) is 13.3. The molecule has 0 spiro atoms. The van der Waals surface area contributed by atoms with E-state index in [1.165, 1.54) is 28.0 Å². The van der Waals surface area contributed by atoms with E-state index in [-0.39, 0.29) is 23.1 Å². The molecule has 3 aromatic heterocycles. The molecule has 1 aromatic carbocycles. The molecule has 0 bridgehead atoms. The van der Waals surface area contributed by atoms with Crippen LogP contribution in [0.2, 0.25) is 10.0 Å². The Balaban J connectivity index is 1.80. The molecule has 11 heteroatoms. The highest BCUT2D eigenvalue weighted by atomic mass is 35.5. The molecular formula is C17H12Cl2N6O3. The molecule has 0 amide bonds. The second kappa shape index (κ2) is 6.77. The molecular weight excluding hydrogens is 407 g/mol. The molecule has 0 saturated heterocycles. The van der Waals surface area contributed by atoms with Crippen molar-refractivity contribution < 1.29 is 9.90 Å². The van der Waals surface area contributed by atoms with E-state index in [0.717, 1.165) is 5.56 Å². The minimum Gasteiger partial charge on any atom is -0.478 e. The maximum absolute atomic E-state index is 12.7. The molecule has 4 rings (SSSR count). The van der Waals surface area contributed by atoms with Crippen LogP contribution in [0.25, 0.3) is 17.0 Å². The zero-order valence-corrected chi connectivity index (χ0v) is 15.8. The topological polar surface area (TPSA) is 119 Å². The van der Waals surface area contributed by atoms with Crippen molar-refractivity contribution in [3.8, 4) is 5.95 Å². The molecule has 1 unspecified atom stereocenters. The quantitative estimate of drug-likeness (QED) is 0.525. The van der Waals surface area contributed by atoms with Crippen molar-refractivity contribution in [2.24, 2.45) is 0 Å². The number of H-pyrrole nitrogens is 1. The number of aromatic amines is 1. The number of carbonyl (C=O) groups is 1. The Morgan fingerprint density at radius 1 is 1.18 bits per heavy atom. The smallest absolute Gasteiger partial charge is 0.338 e. The molecule has 0 aliphatic rings. The van der Waals surface area contributed by atoms with Crippen LogP contribution in [0.3, 0.4) is 0 Å². The van der Waals surface area contributed by atoms with Crippen LogP contribution >= 0.6 is 23.2 Å². The Morgan fingerprint density at radius 2 is 1.89 bits per heavy atom. The van der Waals surface area contributed by atoms with Crippen LogP contribution in [0.1, 0.15) is 28.9 Å². The third-order valence-corrected chi connectivity index (χ3v) is 4.66. The van der Waals surface area contributed by atoms with E-state index in [9.17, 15) is 9.59 Å². The fourth-order valence-electron chi connectivity index (χ4n) is 2.87. The number of benzene rings is 1. The van der Waals surface area contributed by atoms with Crippen molar-refractivity contribution in [3.05, 3.63) is 68.3 Å². The molecule has 0 radical (unpaired) electrons. The number of carboxylic acids is 1. The lowest BCUT2D eigenvalue weighted by Crippen LogP contribution is -2.19. The highest BCUT2D eigenvalue weighted by Crippen LogP contribution is 2.26. The van der Waals surface area contributed by atoms with Crippen molar-refractivity contribution in [1.82, 2.24) is 29.5 Å². The molecule has 142 valence electrons. The lowest BCUT2D eigenvalue weighted by molar-refractivity contribution is 0.0697. The zero-order chi connectivity index (χ0) is 20.0. The summed E-state index contributed by atoms with van der Waals surface area (Å²) < 4.78 is 2.71. The molecule has 9 nitrogen and oxygen atoms in total. The van der Waals surface area contributed by atoms with E-state index < -0.39 is 11.5 Å². The van der Waals surface area contributed by atoms with Crippen molar-refractivity contribution in [3.63, 3.8) is 0 Å². The number of carboxylic acid groups (broad SMARTS) is 1. The maximum atomic E-state index is 12.7. The van der Waals surface area contributed by atoms with Gasteiger partial charge in [0.1, 0.15) is 5.52 Å². The van der Waals surface area contributed by atoms with Crippen LogP contribution in [-0.2, 0) is 0 Å². The van der Waals surface area contributed by atoms with E-state index in [1.54, 1.807) is 18.2 Å². The van der Waals surface area contributed by atoms with E-state index in [1.807, 2.05) is 6.92 Å². The minimum absolute atomic E-state index is 0.0232. The molecule has 3 heterocycles. The lowest BCUT2D eigenvalue weighted by atomic mass is 10.1. The van der Waals surface area contributed by atoms with Gasteiger partial charge in [0, 0.05) is 16.2 Å². The van der Waals surface area contributed by atoms with Gasteiger partial charge in [-0.3, -0.25) is 14.5 Å². The van der Waals surface area contributed by atoms with Crippen molar-refractivity contribution >= 4 is 40.2 Å². The van der Waals surface area contributed by atoms with Crippen LogP contribution in [0.5, 0.6) is 0 Å². The summed E-state index contributed by atoms with van der Waals surface area (Å²) in [5.74, 6) is -1.04. The average Bonchev–Trinajstić information content (AvgIpc) is 3.27. The number of nitrogens with one attached hydrogen (secondary N) is 1. The number of hydrogen-bond donors (Lipinski definition) is 2. The van der Waals surface area contributed by atoms with Gasteiger partial charge in [0.2, 0.25) is 5.95 Å². The van der Waals surface area contributed by atoms with Gasteiger partial charge < -0.3 is 5.11 Å². The number of aromatic carboxylic acids is 1. The molecule has 28 heavy (non-hydrogen) atoms. The molecule has 0 fully saturated rings. The first kappa shape index (κ1) is 18.2. The molecule has 1 atom stereocenters. The Hall–Kier alpha value is -3.17. The van der Waals surface area contributed by atoms with Crippen molar-refractivity contribution in [2.45, 2.75) is 13.0 Å². The van der Waals surface area contributed by atoms with Crippen LogP contribution in [0.15, 0.2) is 41.6 Å². The second-order valence-corrected chi connectivity index (χ2v) is 6.94. The van der Waals surface area contributed by atoms with E-state index in [4.69, 9.17) is 28.3 Å². The third kappa shape index (κ3) is 3.14. The Bertz CT molecular complexity index is 1260. The minimum atomic E-state index is -1.13. The van der Waals surface area contributed by atoms with Crippen LogP contribution in [-0.4, -0.2) is 40.6 Å². The number of aromatic nitrogens is 6. The largest absolute Gasteiger partial charge is 0.478 e. The summed E-state index contributed by atoms with van der Waals surface area (Å²) in [6.07, 6.45) is 3.88. The molecule has 0 aliphatic heterocycles. The highest BCUT2D eigenvalue weighted by Gasteiger charge is 2.18. The van der Waals surface area contributed by atoms with Gasteiger partial charge in [0.05, 0.1) is 24.0 Å². The van der Waals surface area contributed by atoms with Crippen LogP contribution in [0, 0.1) is 0 Å². The number of fused-ring (bicyclic) bond motifs is 1. The summed E-state index contributed by atoms with van der Waals surface area (Å²) >= 11 is 12.1. The summed E-state index contributed by atoms with van der Waals surface area (Å²) in [5, 5.41) is 18.2. The van der Waals surface area contributed by atoms with Crippen LogP contribution in [0.4, 0.5) is 0 Å². The fraction of sp³-hybridized carbons (Fsp3) is 0.118. The van der Waals surface area contributed by atoms with Gasteiger partial charge >= 0.3 is 5.97 Å². The first-order valence-corrected chi connectivity index (χ1v) is 8.81. The fourth-order valence-corrected chi connectivity index (χ4v) is 3.41. The van der Waals surface area contributed by atoms with Crippen molar-refractivity contribution in [2.75, 3.05) is 0 Å². The summed E-state index contributed by atoms with van der Waals surface area (Å²) in [7, 11) is 0. The van der Waals surface area contributed by atoms with Crippen LogP contribution < -0.4 is 5.56 Å². The Kier molecular flexibility index (Phi) is 4.40. The van der Waals surface area contributed by atoms with E-state index in [0.29, 0.717) is 15.6 Å². The van der Waals surface area contributed by atoms with E-state index >= 15 is 0 Å². The zero-order valence-electron chi connectivity index (χ0n) is 14.3. The summed E-state index contributed by atoms with van der Waals surface area (Å²) in [6.45, 7) is 1.86. The van der Waals surface area contributed by atoms with Crippen molar-refractivity contribution in [1.29, 1.82) is 0 Å². The van der Waals surface area contributed by atoms with Gasteiger partial charge in [-0.1, -0.05) is 23.2 Å². The predicted molar refractivity (Wildman–Crippen MR) is 103 cm³/mol. The third-order valence-electron chi connectivity index (χ3n) is 4.22. The highest BCUT2D eigenvalue weighted by molar-refractivity contribution is 6.34. The first-order valence-electron chi connectivity index (χ1n) is 8.05. The lowest BCUT2D eigenvalue weighted by Gasteiger charge is -2.14. The summed E-state index contributed by atoms with van der Waals surface area (Å²) in [5.41, 5.74) is 0.919.